The highest BCUT2D eigenvalue weighted by molar-refractivity contribution is 7.45. The Kier molecular flexibility index (Phi) is 63.2. The van der Waals surface area contributed by atoms with E-state index in [4.69, 9.17) is 9.05 Å². The molecule has 0 fully saturated rings. The van der Waals surface area contributed by atoms with Crippen molar-refractivity contribution in [2.45, 2.75) is 386 Å². The van der Waals surface area contributed by atoms with Crippen molar-refractivity contribution in [2.24, 2.45) is 0 Å². The maximum atomic E-state index is 13.1. The lowest BCUT2D eigenvalue weighted by atomic mass is 10.0. The van der Waals surface area contributed by atoms with Crippen LogP contribution in [0, 0.1) is 0 Å². The van der Waals surface area contributed by atoms with Gasteiger partial charge in [0.05, 0.1) is 39.9 Å². The molecule has 0 bridgehead atoms. The summed E-state index contributed by atoms with van der Waals surface area (Å²) >= 11 is 0. The Morgan fingerprint density at radius 3 is 1.02 bits per heavy atom. The number of likely N-dealkylation sites (N-methyl/N-ethyl adjacent to an activating group) is 1. The van der Waals surface area contributed by atoms with Crippen LogP contribution >= 0.6 is 7.82 Å². The molecular formula is C73H143N2O6P. The smallest absolute Gasteiger partial charge is 0.268 e. The molecule has 1 amide bonds. The van der Waals surface area contributed by atoms with E-state index in [1.807, 2.05) is 21.1 Å². The van der Waals surface area contributed by atoms with Crippen LogP contribution in [-0.2, 0) is 18.4 Å². The normalized spacial score (nSPS) is 13.8. The van der Waals surface area contributed by atoms with Crippen LogP contribution in [0.4, 0.5) is 0 Å². The lowest BCUT2D eigenvalue weighted by Gasteiger charge is -2.30. The predicted octanol–water partition coefficient (Wildman–Crippen LogP) is 22.6. The fraction of sp³-hybridized carbons (Fsp3) is 0.904. The zero-order chi connectivity index (χ0) is 59.8. The molecule has 0 heterocycles. The highest BCUT2D eigenvalue weighted by Crippen LogP contribution is 2.38. The first kappa shape index (κ1) is 80.7. The van der Waals surface area contributed by atoms with Gasteiger partial charge < -0.3 is 28.8 Å². The van der Waals surface area contributed by atoms with Gasteiger partial charge in [0.15, 0.2) is 0 Å². The Morgan fingerprint density at radius 2 is 0.707 bits per heavy atom. The first-order chi connectivity index (χ1) is 40.0. The molecule has 0 saturated heterocycles. The van der Waals surface area contributed by atoms with Crippen molar-refractivity contribution in [3.63, 3.8) is 0 Å². The number of quaternary nitrogens is 1. The van der Waals surface area contributed by atoms with Gasteiger partial charge in [-0.15, -0.1) is 0 Å². The second-order valence-electron chi connectivity index (χ2n) is 26.3. The van der Waals surface area contributed by atoms with Crippen LogP contribution in [-0.4, -0.2) is 68.5 Å². The summed E-state index contributed by atoms with van der Waals surface area (Å²) in [5.74, 6) is -0.157. The molecule has 486 valence electrons. The number of hydrogen-bond acceptors (Lipinski definition) is 6. The van der Waals surface area contributed by atoms with Gasteiger partial charge in [0, 0.05) is 6.42 Å². The number of hydrogen-bond donors (Lipinski definition) is 2. The van der Waals surface area contributed by atoms with Crippen LogP contribution in [0.3, 0.4) is 0 Å². The van der Waals surface area contributed by atoms with Gasteiger partial charge in [0.2, 0.25) is 5.91 Å². The molecule has 0 aromatic rings. The van der Waals surface area contributed by atoms with Crippen molar-refractivity contribution < 1.29 is 32.9 Å². The number of allylic oxidation sites excluding steroid dienone is 6. The first-order valence-corrected chi connectivity index (χ1v) is 37.8. The fourth-order valence-corrected chi connectivity index (χ4v) is 12.0. The van der Waals surface area contributed by atoms with Gasteiger partial charge >= 0.3 is 0 Å². The SMILES string of the molecule is CCCCCCC/C=C\C/C=C\C/C=C\CCCCCCCCCCCCCCCCCCCCCCC(=O)NC(COP(=O)([O-])OCC[N+](C)(C)C)C(O)CCCCCCCCCCCCCCCCCCCCCCCCCCC. The summed E-state index contributed by atoms with van der Waals surface area (Å²) in [6, 6.07) is -0.801. The van der Waals surface area contributed by atoms with Gasteiger partial charge in [0.1, 0.15) is 13.2 Å². The lowest BCUT2D eigenvalue weighted by molar-refractivity contribution is -0.870. The van der Waals surface area contributed by atoms with Crippen LogP contribution in [0.25, 0.3) is 0 Å². The third-order valence-electron chi connectivity index (χ3n) is 16.9. The van der Waals surface area contributed by atoms with Crippen LogP contribution in [0.15, 0.2) is 36.5 Å². The summed E-state index contributed by atoms with van der Waals surface area (Å²) in [4.78, 5) is 25.7. The number of carbonyl (C=O) groups is 1. The molecule has 3 unspecified atom stereocenters. The van der Waals surface area contributed by atoms with Crippen molar-refractivity contribution in [1.82, 2.24) is 5.32 Å². The van der Waals surface area contributed by atoms with E-state index in [0.717, 1.165) is 51.4 Å². The van der Waals surface area contributed by atoms with E-state index in [-0.39, 0.29) is 19.1 Å². The fourth-order valence-electron chi connectivity index (χ4n) is 11.2. The second-order valence-corrected chi connectivity index (χ2v) is 27.7. The van der Waals surface area contributed by atoms with Crippen LogP contribution in [0.5, 0.6) is 0 Å². The molecule has 0 aliphatic carbocycles. The summed E-state index contributed by atoms with van der Waals surface area (Å²) in [6.07, 6.45) is 85.1. The Balaban J connectivity index is 3.97. The first-order valence-electron chi connectivity index (χ1n) is 36.3. The van der Waals surface area contributed by atoms with Gasteiger partial charge in [-0.2, -0.15) is 0 Å². The number of aliphatic hydroxyl groups excluding tert-OH is 1. The number of carbonyl (C=O) groups excluding carboxylic acids is 1. The van der Waals surface area contributed by atoms with E-state index >= 15 is 0 Å². The zero-order valence-corrected chi connectivity index (χ0v) is 56.6. The molecule has 82 heavy (non-hydrogen) atoms. The van der Waals surface area contributed by atoms with E-state index in [1.54, 1.807) is 0 Å². The van der Waals surface area contributed by atoms with E-state index in [9.17, 15) is 19.4 Å². The van der Waals surface area contributed by atoms with Crippen molar-refractivity contribution >= 4 is 13.7 Å². The Labute approximate surface area is 512 Å². The molecule has 0 saturated carbocycles. The summed E-state index contributed by atoms with van der Waals surface area (Å²) in [5, 5.41) is 14.1. The third kappa shape index (κ3) is 66.2. The van der Waals surface area contributed by atoms with Gasteiger partial charge in [0.25, 0.3) is 7.82 Å². The summed E-state index contributed by atoms with van der Waals surface area (Å²) < 4.78 is 23.6. The van der Waals surface area contributed by atoms with Gasteiger partial charge in [-0.05, 0) is 51.4 Å². The molecule has 0 aliphatic rings. The Hall–Kier alpha value is -1.28. The average molecular weight is 1180 g/mol. The number of aliphatic hydroxyl groups is 1. The highest BCUT2D eigenvalue weighted by atomic mass is 31.2. The number of amides is 1. The van der Waals surface area contributed by atoms with E-state index in [0.29, 0.717) is 23.9 Å². The van der Waals surface area contributed by atoms with Crippen molar-refractivity contribution in [3.05, 3.63) is 36.5 Å². The summed E-state index contributed by atoms with van der Waals surface area (Å²) in [5.41, 5.74) is 0. The number of phosphoric acid groups is 1. The highest BCUT2D eigenvalue weighted by Gasteiger charge is 2.24. The number of phosphoric ester groups is 1. The van der Waals surface area contributed by atoms with Crippen molar-refractivity contribution in [3.8, 4) is 0 Å². The standard InChI is InChI=1S/C73H143N2O6P/c1-6-8-10-12-14-16-18-20-22-24-26-28-30-32-33-34-35-36-37-38-39-40-41-43-45-47-49-51-53-55-57-59-61-63-65-67-73(77)74-71(70-81-82(78,79)80-69-68-75(3,4)5)72(76)66-64-62-60-58-56-54-52-50-48-46-44-42-31-29-27-25-23-21-19-17-15-13-11-9-7-2/h18,20,24,26,30,32,71-72,76H,6-17,19,21-23,25,27-29,31,33-70H2,1-5H3,(H-,74,77,78,79)/b20-18-,26-24-,32-30-. The van der Waals surface area contributed by atoms with Crippen molar-refractivity contribution in [1.29, 1.82) is 0 Å². The van der Waals surface area contributed by atoms with Crippen LogP contribution in [0.2, 0.25) is 0 Å². The van der Waals surface area contributed by atoms with Crippen molar-refractivity contribution in [2.75, 3.05) is 40.9 Å². The topological polar surface area (TPSA) is 108 Å². The second kappa shape index (κ2) is 64.2. The molecule has 8 nitrogen and oxygen atoms in total. The molecule has 0 aliphatic heterocycles. The Morgan fingerprint density at radius 1 is 0.427 bits per heavy atom. The zero-order valence-electron chi connectivity index (χ0n) is 55.7. The minimum Gasteiger partial charge on any atom is -0.756 e. The third-order valence-corrected chi connectivity index (χ3v) is 17.8. The number of nitrogens with zero attached hydrogens (tertiary/aromatic N) is 1. The largest absolute Gasteiger partial charge is 0.756 e. The molecular weight excluding hydrogens is 1030 g/mol. The predicted molar refractivity (Wildman–Crippen MR) is 358 cm³/mol. The molecule has 0 radical (unpaired) electrons. The van der Waals surface area contributed by atoms with Gasteiger partial charge in [-0.25, -0.2) is 0 Å². The molecule has 0 aromatic heterocycles. The van der Waals surface area contributed by atoms with Gasteiger partial charge in [-0.1, -0.05) is 352 Å². The molecule has 3 atom stereocenters. The van der Waals surface area contributed by atoms with Crippen LogP contribution < -0.4 is 10.2 Å². The maximum absolute atomic E-state index is 13.1. The molecule has 0 aromatic carbocycles. The molecule has 0 rings (SSSR count). The van der Waals surface area contributed by atoms with Crippen LogP contribution in [0.1, 0.15) is 373 Å². The van der Waals surface area contributed by atoms with E-state index < -0.39 is 20.0 Å². The average Bonchev–Trinajstić information content (AvgIpc) is 3.45. The lowest BCUT2D eigenvalue weighted by Crippen LogP contribution is -2.46. The molecule has 9 heteroatoms. The maximum Gasteiger partial charge on any atom is 0.268 e. The van der Waals surface area contributed by atoms with E-state index in [2.05, 4.69) is 55.6 Å². The molecule has 2 N–H and O–H groups in total. The van der Waals surface area contributed by atoms with Gasteiger partial charge in [-0.3, -0.25) is 9.36 Å². The monoisotopic (exact) mass is 1180 g/mol. The van der Waals surface area contributed by atoms with E-state index in [1.165, 1.54) is 295 Å². The number of unbranched alkanes of at least 4 members (excludes halogenated alkanes) is 49. The summed E-state index contributed by atoms with van der Waals surface area (Å²) in [7, 11) is 1.32. The minimum absolute atomic E-state index is 0.0145. The number of rotatable bonds is 68. The summed E-state index contributed by atoms with van der Waals surface area (Å²) in [6.45, 7) is 4.77. The minimum atomic E-state index is -4.58. The number of nitrogens with one attached hydrogen (secondary N) is 1. The molecule has 0 spiro atoms. The quantitative estimate of drug-likeness (QED) is 0.0272. The Bertz CT molecular complexity index is 1430.